The number of carbonyl (C=O) groups is 1. The summed E-state index contributed by atoms with van der Waals surface area (Å²) < 4.78 is 0. The predicted molar refractivity (Wildman–Crippen MR) is 72.0 cm³/mol. The normalized spacial score (nSPS) is 10.6. The molecule has 0 amide bonds. The van der Waals surface area contributed by atoms with Crippen LogP contribution in [-0.4, -0.2) is 10.8 Å². The quantitative estimate of drug-likeness (QED) is 0.759. The number of ketones is 1. The molecule has 0 saturated heterocycles. The minimum Gasteiger partial charge on any atom is -0.294 e. The van der Waals surface area contributed by atoms with Crippen LogP contribution in [0.25, 0.3) is 11.3 Å². The van der Waals surface area contributed by atoms with Crippen LogP contribution in [0.15, 0.2) is 18.2 Å². The van der Waals surface area contributed by atoms with Crippen LogP contribution in [0.1, 0.15) is 27.2 Å². The van der Waals surface area contributed by atoms with Gasteiger partial charge in [0.2, 0.25) is 0 Å². The second kappa shape index (κ2) is 4.59. The van der Waals surface area contributed by atoms with Crippen molar-refractivity contribution in [3.63, 3.8) is 0 Å². The highest BCUT2D eigenvalue weighted by atomic mass is 35.5. The third-order valence-electron chi connectivity index (χ3n) is 2.51. The molecule has 2 aromatic rings. The molecule has 0 saturated carbocycles. The Morgan fingerprint density at radius 2 is 2.06 bits per heavy atom. The van der Waals surface area contributed by atoms with Gasteiger partial charge in [0.1, 0.15) is 0 Å². The number of hydrogen-bond donors (Lipinski definition) is 0. The van der Waals surface area contributed by atoms with E-state index in [9.17, 15) is 4.79 Å². The van der Waals surface area contributed by atoms with Crippen molar-refractivity contribution in [3.05, 3.63) is 38.7 Å². The molecule has 1 heterocycles. The first kappa shape index (κ1) is 12.3. The van der Waals surface area contributed by atoms with Gasteiger partial charge in [0.15, 0.2) is 5.78 Å². The van der Waals surface area contributed by atoms with E-state index in [-0.39, 0.29) is 5.78 Å². The number of halogens is 1. The van der Waals surface area contributed by atoms with Crippen molar-refractivity contribution < 1.29 is 4.79 Å². The number of nitrogens with zero attached hydrogens (tertiary/aromatic N) is 1. The molecule has 0 fully saturated rings. The van der Waals surface area contributed by atoms with Crippen LogP contribution >= 0.6 is 22.9 Å². The Kier molecular flexibility index (Phi) is 3.31. The van der Waals surface area contributed by atoms with Gasteiger partial charge in [-0.2, -0.15) is 0 Å². The second-order valence-corrected chi connectivity index (χ2v) is 5.57. The van der Waals surface area contributed by atoms with Crippen LogP contribution in [-0.2, 0) is 0 Å². The summed E-state index contributed by atoms with van der Waals surface area (Å²) in [4.78, 5) is 16.7. The molecule has 1 aromatic carbocycles. The first-order valence-corrected chi connectivity index (χ1v) is 6.43. The zero-order valence-electron chi connectivity index (χ0n) is 9.87. The van der Waals surface area contributed by atoms with Gasteiger partial charge in [0.25, 0.3) is 0 Å². The first-order chi connectivity index (χ1) is 7.99. The monoisotopic (exact) mass is 265 g/mol. The number of benzene rings is 1. The number of rotatable bonds is 2. The molecule has 0 radical (unpaired) electrons. The van der Waals surface area contributed by atoms with Crippen LogP contribution in [0.3, 0.4) is 0 Å². The summed E-state index contributed by atoms with van der Waals surface area (Å²) in [6.07, 6.45) is 0. The highest BCUT2D eigenvalue weighted by Crippen LogP contribution is 2.32. The van der Waals surface area contributed by atoms with E-state index in [4.69, 9.17) is 11.6 Å². The number of carbonyl (C=O) groups excluding carboxylic acids is 1. The molecule has 0 N–H and O–H groups in total. The molecule has 0 aliphatic rings. The maximum absolute atomic E-state index is 11.6. The number of aryl methyl sites for hydroxylation is 2. The summed E-state index contributed by atoms with van der Waals surface area (Å²) in [6, 6.07) is 5.64. The van der Waals surface area contributed by atoms with Crippen molar-refractivity contribution in [2.75, 3.05) is 0 Å². The molecule has 0 aliphatic carbocycles. The van der Waals surface area contributed by atoms with Crippen molar-refractivity contribution in [1.82, 2.24) is 4.98 Å². The number of thiazole rings is 1. The minimum absolute atomic E-state index is 0.0463. The lowest BCUT2D eigenvalue weighted by molar-refractivity contribution is 0.102. The van der Waals surface area contributed by atoms with Crippen molar-refractivity contribution in [1.29, 1.82) is 0 Å². The molecular weight excluding hydrogens is 254 g/mol. The van der Waals surface area contributed by atoms with Gasteiger partial charge in [0.05, 0.1) is 15.6 Å². The fourth-order valence-electron chi connectivity index (χ4n) is 1.70. The Morgan fingerprint density at radius 1 is 1.35 bits per heavy atom. The van der Waals surface area contributed by atoms with E-state index in [1.165, 1.54) is 11.3 Å². The highest BCUT2D eigenvalue weighted by Gasteiger charge is 2.16. The van der Waals surface area contributed by atoms with Gasteiger partial charge in [-0.05, 0) is 31.5 Å². The number of aromatic nitrogens is 1. The van der Waals surface area contributed by atoms with Crippen LogP contribution < -0.4 is 0 Å². The molecule has 0 atom stereocenters. The Morgan fingerprint density at radius 3 is 2.71 bits per heavy atom. The molecule has 88 valence electrons. The van der Waals surface area contributed by atoms with Crippen LogP contribution in [0.2, 0.25) is 5.02 Å². The van der Waals surface area contributed by atoms with E-state index >= 15 is 0 Å². The Hall–Kier alpha value is -1.19. The molecule has 4 heteroatoms. The van der Waals surface area contributed by atoms with E-state index in [1.54, 1.807) is 6.92 Å². The summed E-state index contributed by atoms with van der Waals surface area (Å²) in [5.41, 5.74) is 2.76. The fourth-order valence-corrected chi connectivity index (χ4v) is 2.70. The van der Waals surface area contributed by atoms with Crippen molar-refractivity contribution in [2.45, 2.75) is 20.8 Å². The second-order valence-electron chi connectivity index (χ2n) is 3.93. The van der Waals surface area contributed by atoms with Gasteiger partial charge in [-0.3, -0.25) is 4.79 Å². The Bertz CT molecular complexity index is 589. The lowest BCUT2D eigenvalue weighted by atomic mass is 10.0. The molecule has 0 aliphatic heterocycles. The zero-order chi connectivity index (χ0) is 12.6. The molecule has 17 heavy (non-hydrogen) atoms. The molecular formula is C13H12ClNOS. The van der Waals surface area contributed by atoms with E-state index < -0.39 is 0 Å². The summed E-state index contributed by atoms with van der Waals surface area (Å²) in [7, 11) is 0. The van der Waals surface area contributed by atoms with E-state index in [0.717, 1.165) is 21.8 Å². The SMILES string of the molecule is CC(=O)c1sc(C)nc1-c1cc(Cl)ccc1C. The van der Waals surface area contributed by atoms with Gasteiger partial charge in [-0.25, -0.2) is 4.98 Å². The summed E-state index contributed by atoms with van der Waals surface area (Å²) in [5, 5.41) is 1.55. The average molecular weight is 266 g/mol. The van der Waals surface area contributed by atoms with E-state index in [2.05, 4.69) is 4.98 Å². The van der Waals surface area contributed by atoms with Crippen molar-refractivity contribution in [3.8, 4) is 11.3 Å². The lowest BCUT2D eigenvalue weighted by Gasteiger charge is -2.05. The summed E-state index contributed by atoms with van der Waals surface area (Å²) in [5.74, 6) is 0.0463. The van der Waals surface area contributed by atoms with Crippen molar-refractivity contribution in [2.24, 2.45) is 0 Å². The highest BCUT2D eigenvalue weighted by molar-refractivity contribution is 7.14. The Labute approximate surface area is 109 Å². The van der Waals surface area contributed by atoms with Gasteiger partial charge >= 0.3 is 0 Å². The molecule has 2 nitrogen and oxygen atoms in total. The van der Waals surface area contributed by atoms with Crippen LogP contribution in [0.4, 0.5) is 0 Å². The zero-order valence-corrected chi connectivity index (χ0v) is 11.4. The summed E-state index contributed by atoms with van der Waals surface area (Å²) >= 11 is 7.42. The van der Waals surface area contributed by atoms with E-state index in [1.807, 2.05) is 32.0 Å². The predicted octanol–water partition coefficient (Wildman–Crippen LogP) is 4.28. The lowest BCUT2D eigenvalue weighted by Crippen LogP contribution is -1.93. The van der Waals surface area contributed by atoms with Crippen molar-refractivity contribution >= 4 is 28.7 Å². The standard InChI is InChI=1S/C13H12ClNOS/c1-7-4-5-10(14)6-11(7)12-13(8(2)16)17-9(3)15-12/h4-6H,1-3H3. The topological polar surface area (TPSA) is 30.0 Å². The maximum Gasteiger partial charge on any atom is 0.172 e. The molecule has 0 spiro atoms. The van der Waals surface area contributed by atoms with Gasteiger partial charge in [-0.15, -0.1) is 11.3 Å². The Balaban J connectivity index is 2.67. The average Bonchev–Trinajstić information content (AvgIpc) is 2.64. The minimum atomic E-state index is 0.0463. The van der Waals surface area contributed by atoms with Gasteiger partial charge in [0, 0.05) is 17.5 Å². The maximum atomic E-state index is 11.6. The molecule has 0 bridgehead atoms. The largest absolute Gasteiger partial charge is 0.294 e. The fraction of sp³-hybridized carbons (Fsp3) is 0.231. The van der Waals surface area contributed by atoms with Gasteiger partial charge < -0.3 is 0 Å². The smallest absolute Gasteiger partial charge is 0.172 e. The van der Waals surface area contributed by atoms with Crippen LogP contribution in [0.5, 0.6) is 0 Å². The van der Waals surface area contributed by atoms with Crippen LogP contribution in [0, 0.1) is 13.8 Å². The molecule has 2 rings (SSSR count). The number of hydrogen-bond acceptors (Lipinski definition) is 3. The third kappa shape index (κ3) is 2.40. The molecule has 1 aromatic heterocycles. The first-order valence-electron chi connectivity index (χ1n) is 5.24. The van der Waals surface area contributed by atoms with E-state index in [0.29, 0.717) is 9.90 Å². The third-order valence-corrected chi connectivity index (χ3v) is 3.82. The number of Topliss-reactive ketones (excluding diaryl/α,β-unsaturated/α-hetero) is 1. The molecule has 0 unspecified atom stereocenters. The van der Waals surface area contributed by atoms with Gasteiger partial charge in [-0.1, -0.05) is 17.7 Å². The summed E-state index contributed by atoms with van der Waals surface area (Å²) in [6.45, 7) is 5.46.